The SMILES string of the molecule is CCCCC1(CCCC)CS(=O)(=O)c2cc(CNC(CC(=O)O)CC(=O)O)c(OC)cc2C(c2ccccc2)N1. The Labute approximate surface area is 237 Å². The Hall–Kier alpha value is -2.95. The minimum absolute atomic E-state index is 0.0316. The van der Waals surface area contributed by atoms with Gasteiger partial charge >= 0.3 is 11.9 Å². The summed E-state index contributed by atoms with van der Waals surface area (Å²) in [6.07, 6.45) is 4.42. The summed E-state index contributed by atoms with van der Waals surface area (Å²) in [6.45, 7) is 4.26. The molecule has 0 amide bonds. The smallest absolute Gasteiger partial charge is 0.304 e. The van der Waals surface area contributed by atoms with Gasteiger partial charge in [0.05, 0.1) is 36.6 Å². The van der Waals surface area contributed by atoms with Gasteiger partial charge in [0.1, 0.15) is 5.75 Å². The fourth-order valence-corrected chi connectivity index (χ4v) is 7.67. The molecule has 0 saturated heterocycles. The van der Waals surface area contributed by atoms with Crippen LogP contribution in [0, 0.1) is 0 Å². The van der Waals surface area contributed by atoms with Crippen LogP contribution in [0.2, 0.25) is 0 Å². The number of sulfone groups is 1. The van der Waals surface area contributed by atoms with Crippen LogP contribution >= 0.6 is 0 Å². The van der Waals surface area contributed by atoms with Crippen molar-refractivity contribution in [3.63, 3.8) is 0 Å². The number of nitrogens with one attached hydrogen (secondary N) is 2. The highest BCUT2D eigenvalue weighted by molar-refractivity contribution is 7.91. The third kappa shape index (κ3) is 8.05. The Morgan fingerprint density at radius 1 is 1.05 bits per heavy atom. The minimum Gasteiger partial charge on any atom is -0.496 e. The van der Waals surface area contributed by atoms with Crippen LogP contribution in [0.4, 0.5) is 0 Å². The Balaban J connectivity index is 2.14. The molecule has 0 bridgehead atoms. The van der Waals surface area contributed by atoms with E-state index in [4.69, 9.17) is 4.74 Å². The predicted octanol–water partition coefficient (Wildman–Crippen LogP) is 4.69. The lowest BCUT2D eigenvalue weighted by Gasteiger charge is -2.37. The highest BCUT2D eigenvalue weighted by Crippen LogP contribution is 2.41. The maximum Gasteiger partial charge on any atom is 0.304 e. The molecular formula is C30H42N2O7S. The number of aliphatic carboxylic acids is 2. The highest BCUT2D eigenvalue weighted by atomic mass is 32.2. The van der Waals surface area contributed by atoms with Gasteiger partial charge in [-0.3, -0.25) is 14.9 Å². The van der Waals surface area contributed by atoms with E-state index in [1.165, 1.54) is 7.11 Å². The van der Waals surface area contributed by atoms with Gasteiger partial charge in [0, 0.05) is 23.7 Å². The van der Waals surface area contributed by atoms with Crippen molar-refractivity contribution in [1.29, 1.82) is 0 Å². The molecule has 0 saturated carbocycles. The van der Waals surface area contributed by atoms with Crippen LogP contribution in [0.5, 0.6) is 5.75 Å². The van der Waals surface area contributed by atoms with E-state index in [0.29, 0.717) is 16.9 Å². The normalized spacial score (nSPS) is 17.6. The van der Waals surface area contributed by atoms with Gasteiger partial charge in [-0.25, -0.2) is 8.42 Å². The fraction of sp³-hybridized carbons (Fsp3) is 0.533. The molecule has 0 aliphatic carbocycles. The Morgan fingerprint density at radius 3 is 2.17 bits per heavy atom. The van der Waals surface area contributed by atoms with Gasteiger partial charge in [-0.1, -0.05) is 69.9 Å². The first kappa shape index (κ1) is 31.6. The number of carbonyl (C=O) groups is 2. The van der Waals surface area contributed by atoms with E-state index in [1.54, 1.807) is 12.1 Å². The van der Waals surface area contributed by atoms with E-state index >= 15 is 0 Å². The largest absolute Gasteiger partial charge is 0.496 e. The molecule has 0 fully saturated rings. The zero-order valence-corrected chi connectivity index (χ0v) is 24.4. The lowest BCUT2D eigenvalue weighted by molar-refractivity contribution is -0.139. The van der Waals surface area contributed by atoms with Crippen molar-refractivity contribution in [2.75, 3.05) is 12.9 Å². The molecule has 220 valence electrons. The van der Waals surface area contributed by atoms with E-state index in [1.807, 2.05) is 30.3 Å². The van der Waals surface area contributed by atoms with Crippen molar-refractivity contribution in [3.8, 4) is 5.75 Å². The van der Waals surface area contributed by atoms with Gasteiger partial charge in [0.2, 0.25) is 0 Å². The summed E-state index contributed by atoms with van der Waals surface area (Å²) in [5, 5.41) is 25.2. The lowest BCUT2D eigenvalue weighted by atomic mass is 9.86. The number of methoxy groups -OCH3 is 1. The van der Waals surface area contributed by atoms with Gasteiger partial charge < -0.3 is 20.3 Å². The third-order valence-electron chi connectivity index (χ3n) is 7.55. The molecule has 10 heteroatoms. The van der Waals surface area contributed by atoms with Crippen molar-refractivity contribution >= 4 is 21.8 Å². The average Bonchev–Trinajstić information content (AvgIpc) is 3.00. The molecule has 1 aliphatic rings. The number of carboxylic acid groups (broad SMARTS) is 2. The molecule has 1 heterocycles. The summed E-state index contributed by atoms with van der Waals surface area (Å²) < 4.78 is 34.0. The molecule has 1 unspecified atom stereocenters. The first-order chi connectivity index (χ1) is 19.0. The monoisotopic (exact) mass is 574 g/mol. The van der Waals surface area contributed by atoms with Crippen molar-refractivity contribution in [1.82, 2.24) is 10.6 Å². The van der Waals surface area contributed by atoms with E-state index in [2.05, 4.69) is 24.5 Å². The summed E-state index contributed by atoms with van der Waals surface area (Å²) in [5.41, 5.74) is 1.47. The third-order valence-corrected chi connectivity index (χ3v) is 9.51. The zero-order chi connectivity index (χ0) is 29.3. The number of rotatable bonds is 15. The van der Waals surface area contributed by atoms with Crippen LogP contribution in [-0.2, 0) is 26.0 Å². The topological polar surface area (TPSA) is 142 Å². The molecule has 2 aromatic carbocycles. The van der Waals surface area contributed by atoms with Crippen LogP contribution in [0.25, 0.3) is 0 Å². The van der Waals surface area contributed by atoms with Crippen LogP contribution in [0.15, 0.2) is 47.4 Å². The molecule has 3 rings (SSSR count). The Bertz CT molecular complexity index is 1240. The fourth-order valence-electron chi connectivity index (χ4n) is 5.55. The second-order valence-electron chi connectivity index (χ2n) is 10.7. The van der Waals surface area contributed by atoms with E-state index in [9.17, 15) is 28.2 Å². The van der Waals surface area contributed by atoms with Gasteiger partial charge in [-0.05, 0) is 36.1 Å². The summed E-state index contributed by atoms with van der Waals surface area (Å²) in [7, 11) is -2.25. The van der Waals surface area contributed by atoms with Crippen LogP contribution < -0.4 is 15.4 Å². The van der Waals surface area contributed by atoms with Crippen LogP contribution in [0.1, 0.15) is 87.9 Å². The number of ether oxygens (including phenoxy) is 1. The van der Waals surface area contributed by atoms with Crippen LogP contribution in [-0.4, -0.2) is 55.0 Å². The molecule has 4 N–H and O–H groups in total. The number of carboxylic acids is 2. The van der Waals surface area contributed by atoms with Crippen molar-refractivity contribution in [2.24, 2.45) is 0 Å². The van der Waals surface area contributed by atoms with Gasteiger partial charge in [-0.15, -0.1) is 0 Å². The standard InChI is InChI=1S/C30H42N2O7S/c1-4-6-13-30(14-7-5-2)20-40(37,38)26-15-22(19-31-23(16-27(33)34)17-28(35)36)25(39-3)18-24(26)29(32-30)21-11-9-8-10-12-21/h8-12,15,18,23,29,31-32H,4-7,13-14,16-17,19-20H2,1-3H3,(H,33,34)(H,35,36). The molecule has 9 nitrogen and oxygen atoms in total. The molecule has 40 heavy (non-hydrogen) atoms. The molecule has 2 aromatic rings. The van der Waals surface area contributed by atoms with E-state index in [0.717, 1.165) is 44.1 Å². The first-order valence-electron chi connectivity index (χ1n) is 14.0. The second kappa shape index (κ2) is 14.1. The van der Waals surface area contributed by atoms with Crippen molar-refractivity contribution in [2.45, 2.75) is 94.3 Å². The second-order valence-corrected chi connectivity index (χ2v) is 12.7. The van der Waals surface area contributed by atoms with Crippen LogP contribution in [0.3, 0.4) is 0 Å². The maximum absolute atomic E-state index is 14.1. The minimum atomic E-state index is -3.75. The summed E-state index contributed by atoms with van der Waals surface area (Å²) in [4.78, 5) is 22.8. The highest BCUT2D eigenvalue weighted by Gasteiger charge is 2.43. The molecule has 0 spiro atoms. The molecule has 1 atom stereocenters. The van der Waals surface area contributed by atoms with Gasteiger partial charge in [0.25, 0.3) is 0 Å². The summed E-state index contributed by atoms with van der Waals surface area (Å²) >= 11 is 0. The number of benzene rings is 2. The molecule has 0 aromatic heterocycles. The first-order valence-corrected chi connectivity index (χ1v) is 15.6. The molecule has 0 radical (unpaired) electrons. The van der Waals surface area contributed by atoms with Gasteiger partial charge in [-0.2, -0.15) is 0 Å². The number of fused-ring (bicyclic) bond motifs is 1. The summed E-state index contributed by atoms with van der Waals surface area (Å²) in [6, 6.07) is 12.0. The molecular weight excluding hydrogens is 532 g/mol. The number of hydrogen-bond donors (Lipinski definition) is 4. The van der Waals surface area contributed by atoms with Crippen molar-refractivity contribution in [3.05, 3.63) is 59.2 Å². The summed E-state index contributed by atoms with van der Waals surface area (Å²) in [5.74, 6) is -1.83. The average molecular weight is 575 g/mol. The number of hydrogen-bond acceptors (Lipinski definition) is 7. The van der Waals surface area contributed by atoms with E-state index in [-0.39, 0.29) is 36.1 Å². The molecule has 1 aliphatic heterocycles. The Morgan fingerprint density at radius 2 is 1.65 bits per heavy atom. The van der Waals surface area contributed by atoms with Crippen molar-refractivity contribution < 1.29 is 33.0 Å². The zero-order valence-electron chi connectivity index (χ0n) is 23.6. The van der Waals surface area contributed by atoms with E-state index < -0.39 is 33.4 Å². The predicted molar refractivity (Wildman–Crippen MR) is 153 cm³/mol. The lowest BCUT2D eigenvalue weighted by Crippen LogP contribution is -2.50. The quantitative estimate of drug-likeness (QED) is 0.238. The maximum atomic E-state index is 14.1. The van der Waals surface area contributed by atoms with Gasteiger partial charge in [0.15, 0.2) is 9.84 Å². The Kier molecular flexibility index (Phi) is 11.1. The number of unbranched alkanes of at least 4 members (excludes halogenated alkanes) is 2.